The normalized spacial score (nSPS) is 18.0. The van der Waals surface area contributed by atoms with Gasteiger partial charge in [-0.05, 0) is 36.1 Å². The third-order valence-corrected chi connectivity index (χ3v) is 5.82. The fourth-order valence-electron chi connectivity index (χ4n) is 2.34. The number of halogens is 1. The molecule has 2 aromatic rings. The van der Waals surface area contributed by atoms with Crippen LogP contribution >= 0.6 is 22.9 Å². The van der Waals surface area contributed by atoms with Gasteiger partial charge < -0.3 is 5.32 Å². The fraction of sp³-hybridized carbons (Fsp3) is 0.250. The number of thiazole rings is 1. The first kappa shape index (κ1) is 13.8. The molecule has 0 fully saturated rings. The van der Waals surface area contributed by atoms with Crippen LogP contribution in [0, 0.1) is 0 Å². The second-order valence-electron chi connectivity index (χ2n) is 4.61. The molecule has 0 saturated heterocycles. The molecule has 8 heteroatoms. The summed E-state index contributed by atoms with van der Waals surface area (Å²) in [5.41, 5.74) is 2.40. The quantitative estimate of drug-likeness (QED) is 0.906. The Bertz CT molecular complexity index is 758. The number of hydrogen-bond acceptors (Lipinski definition) is 5. The first-order valence-electron chi connectivity index (χ1n) is 5.97. The molecule has 20 heavy (non-hydrogen) atoms. The van der Waals surface area contributed by atoms with Crippen LogP contribution in [-0.2, 0) is 16.4 Å². The molecule has 1 aromatic heterocycles. The molecule has 1 aliphatic rings. The van der Waals surface area contributed by atoms with E-state index in [1.165, 1.54) is 17.3 Å². The average molecular weight is 330 g/mol. The molecular formula is C12H12ClN3O2S2. The van der Waals surface area contributed by atoms with Gasteiger partial charge in [-0.15, -0.1) is 0 Å². The van der Waals surface area contributed by atoms with Gasteiger partial charge in [0.05, 0.1) is 12.2 Å². The Kier molecular flexibility index (Phi) is 3.45. The van der Waals surface area contributed by atoms with Crippen LogP contribution in [0.25, 0.3) is 0 Å². The first-order valence-corrected chi connectivity index (χ1v) is 8.71. The van der Waals surface area contributed by atoms with Gasteiger partial charge in [-0.2, -0.15) is 0 Å². The number of primary sulfonamides is 1. The van der Waals surface area contributed by atoms with E-state index in [1.807, 2.05) is 18.2 Å². The van der Waals surface area contributed by atoms with Crippen LogP contribution in [0.15, 0.2) is 28.6 Å². The van der Waals surface area contributed by atoms with Gasteiger partial charge in [-0.25, -0.2) is 18.5 Å². The first-order chi connectivity index (χ1) is 9.43. The molecule has 3 N–H and O–H groups in total. The number of sulfonamides is 1. The summed E-state index contributed by atoms with van der Waals surface area (Å²) in [6, 6.07) is 5.95. The topological polar surface area (TPSA) is 85.1 Å². The third-order valence-electron chi connectivity index (χ3n) is 3.25. The van der Waals surface area contributed by atoms with Crippen molar-refractivity contribution in [1.29, 1.82) is 0 Å². The molecule has 0 saturated carbocycles. The Labute approximate surface area is 125 Å². The lowest BCUT2D eigenvalue weighted by molar-refractivity contribution is 0.599. The van der Waals surface area contributed by atoms with Gasteiger partial charge in [-0.3, -0.25) is 0 Å². The highest BCUT2D eigenvalue weighted by Crippen LogP contribution is 2.36. The van der Waals surface area contributed by atoms with Crippen LogP contribution in [0.3, 0.4) is 0 Å². The van der Waals surface area contributed by atoms with Crippen molar-refractivity contribution in [3.8, 4) is 0 Å². The predicted molar refractivity (Wildman–Crippen MR) is 79.6 cm³/mol. The van der Waals surface area contributed by atoms with Crippen LogP contribution in [0.4, 0.5) is 5.13 Å². The minimum atomic E-state index is -3.68. The molecule has 0 amide bonds. The highest BCUT2D eigenvalue weighted by Gasteiger charge is 2.23. The van der Waals surface area contributed by atoms with E-state index >= 15 is 0 Å². The summed E-state index contributed by atoms with van der Waals surface area (Å²) >= 11 is 7.02. The maximum Gasteiger partial charge on any atom is 0.249 e. The van der Waals surface area contributed by atoms with Crippen molar-refractivity contribution >= 4 is 38.1 Å². The number of rotatable bonds is 3. The SMILES string of the molecule is NS(=O)(=O)c1cnc(N[C@@H]2CCc3cc(Cl)ccc32)s1. The summed E-state index contributed by atoms with van der Waals surface area (Å²) in [6.45, 7) is 0. The van der Waals surface area contributed by atoms with Crippen LogP contribution in [0.1, 0.15) is 23.6 Å². The standard InChI is InChI=1S/C12H12ClN3O2S2/c13-8-2-3-9-7(5-8)1-4-10(9)16-12-15-6-11(19-12)20(14,17)18/h2-3,5-6,10H,1,4H2,(H,15,16)(H2,14,17,18)/t10-/m1/s1. The molecule has 0 spiro atoms. The Morgan fingerprint density at radius 3 is 2.95 bits per heavy atom. The summed E-state index contributed by atoms with van der Waals surface area (Å²) < 4.78 is 22.5. The summed E-state index contributed by atoms with van der Waals surface area (Å²) in [4.78, 5) is 4.06. The summed E-state index contributed by atoms with van der Waals surface area (Å²) in [5, 5.41) is 9.61. The largest absolute Gasteiger partial charge is 0.355 e. The van der Waals surface area contributed by atoms with E-state index in [-0.39, 0.29) is 10.3 Å². The van der Waals surface area contributed by atoms with Crippen molar-refractivity contribution in [3.05, 3.63) is 40.5 Å². The van der Waals surface area contributed by atoms with Gasteiger partial charge >= 0.3 is 0 Å². The molecule has 1 heterocycles. The average Bonchev–Trinajstić information content (AvgIpc) is 2.96. The van der Waals surface area contributed by atoms with E-state index in [1.54, 1.807) is 0 Å². The van der Waals surface area contributed by atoms with Gasteiger partial charge in [0.1, 0.15) is 0 Å². The third kappa shape index (κ3) is 2.67. The van der Waals surface area contributed by atoms with E-state index in [0.29, 0.717) is 5.13 Å². The monoisotopic (exact) mass is 329 g/mol. The Morgan fingerprint density at radius 2 is 2.25 bits per heavy atom. The van der Waals surface area contributed by atoms with E-state index in [2.05, 4.69) is 10.3 Å². The number of aryl methyl sites for hydroxylation is 1. The lowest BCUT2D eigenvalue weighted by Crippen LogP contribution is -2.10. The Morgan fingerprint density at radius 1 is 1.45 bits per heavy atom. The number of fused-ring (bicyclic) bond motifs is 1. The van der Waals surface area contributed by atoms with Crippen molar-refractivity contribution in [1.82, 2.24) is 4.98 Å². The Balaban J connectivity index is 1.82. The number of nitrogens with two attached hydrogens (primary N) is 1. The maximum absolute atomic E-state index is 11.2. The summed E-state index contributed by atoms with van der Waals surface area (Å²) in [5.74, 6) is 0. The van der Waals surface area contributed by atoms with E-state index in [4.69, 9.17) is 16.7 Å². The number of nitrogens with zero attached hydrogens (tertiary/aromatic N) is 1. The van der Waals surface area contributed by atoms with Crippen LogP contribution in [0.5, 0.6) is 0 Å². The zero-order valence-electron chi connectivity index (χ0n) is 10.3. The predicted octanol–water partition coefficient (Wildman–Crippen LogP) is 2.54. The number of benzene rings is 1. The minimum absolute atomic E-state index is 0.0642. The molecule has 0 aliphatic heterocycles. The van der Waals surface area contributed by atoms with Gasteiger partial charge in [0.15, 0.2) is 9.34 Å². The maximum atomic E-state index is 11.2. The lowest BCUT2D eigenvalue weighted by atomic mass is 10.1. The van der Waals surface area contributed by atoms with Crippen LogP contribution < -0.4 is 10.5 Å². The van der Waals surface area contributed by atoms with E-state index < -0.39 is 10.0 Å². The lowest BCUT2D eigenvalue weighted by Gasteiger charge is -2.12. The van der Waals surface area contributed by atoms with Crippen molar-refractivity contribution in [2.75, 3.05) is 5.32 Å². The molecule has 0 bridgehead atoms. The molecule has 106 valence electrons. The molecule has 0 unspecified atom stereocenters. The second-order valence-corrected chi connectivity index (χ2v) is 7.86. The summed E-state index contributed by atoms with van der Waals surface area (Å²) in [6.07, 6.45) is 3.15. The van der Waals surface area contributed by atoms with Crippen molar-refractivity contribution in [3.63, 3.8) is 0 Å². The number of aromatic nitrogens is 1. The summed E-state index contributed by atoms with van der Waals surface area (Å²) in [7, 11) is -3.68. The molecule has 3 rings (SSSR count). The number of nitrogens with one attached hydrogen (secondary N) is 1. The fourth-order valence-corrected chi connectivity index (χ4v) is 4.04. The van der Waals surface area contributed by atoms with Crippen molar-refractivity contribution in [2.24, 2.45) is 5.14 Å². The van der Waals surface area contributed by atoms with Gasteiger partial charge in [0, 0.05) is 5.02 Å². The second kappa shape index (κ2) is 5.00. The van der Waals surface area contributed by atoms with Gasteiger partial charge in [0.25, 0.3) is 0 Å². The smallest absolute Gasteiger partial charge is 0.249 e. The van der Waals surface area contributed by atoms with Crippen LogP contribution in [-0.4, -0.2) is 13.4 Å². The molecular weight excluding hydrogens is 318 g/mol. The molecule has 0 radical (unpaired) electrons. The minimum Gasteiger partial charge on any atom is -0.355 e. The molecule has 5 nitrogen and oxygen atoms in total. The Hall–Kier alpha value is -1.15. The highest BCUT2D eigenvalue weighted by atomic mass is 35.5. The van der Waals surface area contributed by atoms with Crippen LogP contribution in [0.2, 0.25) is 5.02 Å². The number of anilines is 1. The zero-order valence-corrected chi connectivity index (χ0v) is 12.7. The molecule has 1 aliphatic carbocycles. The zero-order chi connectivity index (χ0) is 14.3. The molecule has 1 atom stereocenters. The van der Waals surface area contributed by atoms with Crippen molar-refractivity contribution in [2.45, 2.75) is 23.1 Å². The van der Waals surface area contributed by atoms with E-state index in [9.17, 15) is 8.42 Å². The number of hydrogen-bond donors (Lipinski definition) is 2. The highest BCUT2D eigenvalue weighted by molar-refractivity contribution is 7.91. The molecule has 1 aromatic carbocycles. The van der Waals surface area contributed by atoms with Crippen molar-refractivity contribution < 1.29 is 8.42 Å². The van der Waals surface area contributed by atoms with Gasteiger partial charge in [-0.1, -0.05) is 29.0 Å². The van der Waals surface area contributed by atoms with E-state index in [0.717, 1.165) is 29.2 Å². The van der Waals surface area contributed by atoms with Gasteiger partial charge in [0.2, 0.25) is 10.0 Å².